The molecule has 1 nitrogen and oxygen atoms in total. The van der Waals surface area contributed by atoms with Crippen LogP contribution in [0.4, 0.5) is 8.78 Å². The summed E-state index contributed by atoms with van der Waals surface area (Å²) in [6.07, 6.45) is -0.400. The summed E-state index contributed by atoms with van der Waals surface area (Å²) in [6.45, 7) is 2.73. The van der Waals surface area contributed by atoms with E-state index >= 15 is 0 Å². The van der Waals surface area contributed by atoms with Crippen molar-refractivity contribution >= 4 is 16.8 Å². The first-order valence-corrected chi connectivity index (χ1v) is 3.74. The number of halogens is 3. The van der Waals surface area contributed by atoms with E-state index in [2.05, 4.69) is 0 Å². The number of rotatable bonds is 1. The molecule has 1 saturated carbocycles. The lowest BCUT2D eigenvalue weighted by atomic mass is 9.60. The van der Waals surface area contributed by atoms with Crippen LogP contribution >= 0.6 is 11.6 Å². The van der Waals surface area contributed by atoms with Crippen LogP contribution in [0.15, 0.2) is 0 Å². The van der Waals surface area contributed by atoms with E-state index < -0.39 is 28.9 Å². The third-order valence-corrected chi connectivity index (χ3v) is 2.81. The molecule has 0 heterocycles. The zero-order valence-corrected chi connectivity index (χ0v) is 7.08. The summed E-state index contributed by atoms with van der Waals surface area (Å²) in [4.78, 5) is 10.6. The topological polar surface area (TPSA) is 17.1 Å². The number of hydrogen-bond donors (Lipinski definition) is 0. The van der Waals surface area contributed by atoms with Gasteiger partial charge in [-0.1, -0.05) is 13.8 Å². The molecule has 64 valence electrons. The Kier molecular flexibility index (Phi) is 1.75. The highest BCUT2D eigenvalue weighted by Crippen LogP contribution is 2.58. The molecule has 4 heteroatoms. The normalized spacial score (nSPS) is 32.6. The molecule has 11 heavy (non-hydrogen) atoms. The van der Waals surface area contributed by atoms with Gasteiger partial charge in [-0.05, 0) is 11.6 Å². The largest absolute Gasteiger partial charge is 0.281 e. The molecule has 0 aromatic carbocycles. The fourth-order valence-electron chi connectivity index (χ4n) is 1.26. The van der Waals surface area contributed by atoms with E-state index in [1.54, 1.807) is 0 Å². The molecular formula is C7H9ClF2O. The van der Waals surface area contributed by atoms with Gasteiger partial charge in [0.25, 0.3) is 5.92 Å². The van der Waals surface area contributed by atoms with Crippen LogP contribution < -0.4 is 0 Å². The van der Waals surface area contributed by atoms with E-state index in [0.717, 1.165) is 0 Å². The zero-order chi connectivity index (χ0) is 8.86. The van der Waals surface area contributed by atoms with Gasteiger partial charge in [0, 0.05) is 17.8 Å². The second kappa shape index (κ2) is 2.16. The van der Waals surface area contributed by atoms with Gasteiger partial charge in [-0.25, -0.2) is 8.78 Å². The standard InChI is InChI=1S/C7H9ClF2O/c1-6(2)4(5(8)11)3-7(6,9)10/h4H,3H2,1-2H3. The van der Waals surface area contributed by atoms with Crippen LogP contribution in [0.3, 0.4) is 0 Å². The lowest BCUT2D eigenvalue weighted by molar-refractivity contribution is -0.220. The molecule has 0 bridgehead atoms. The molecule has 1 rings (SSSR count). The maximum atomic E-state index is 12.7. The van der Waals surface area contributed by atoms with Crippen LogP contribution in [0.5, 0.6) is 0 Å². The third kappa shape index (κ3) is 1.06. The van der Waals surface area contributed by atoms with Crippen LogP contribution in [-0.4, -0.2) is 11.2 Å². The van der Waals surface area contributed by atoms with Gasteiger partial charge in [-0.15, -0.1) is 0 Å². The Morgan fingerprint density at radius 2 is 2.00 bits per heavy atom. The lowest BCUT2D eigenvalue weighted by Gasteiger charge is -2.49. The predicted octanol–water partition coefficient (Wildman–Crippen LogP) is 2.43. The van der Waals surface area contributed by atoms with Crippen molar-refractivity contribution in [3.05, 3.63) is 0 Å². The predicted molar refractivity (Wildman–Crippen MR) is 37.7 cm³/mol. The minimum absolute atomic E-state index is 0.400. The van der Waals surface area contributed by atoms with Crippen molar-refractivity contribution < 1.29 is 13.6 Å². The molecule has 0 aliphatic heterocycles. The summed E-state index contributed by atoms with van der Waals surface area (Å²) < 4.78 is 25.4. The average Bonchev–Trinajstić information content (AvgIpc) is 1.82. The lowest BCUT2D eigenvalue weighted by Crippen LogP contribution is -2.56. The first-order chi connectivity index (χ1) is 4.79. The van der Waals surface area contributed by atoms with Gasteiger partial charge in [-0.2, -0.15) is 0 Å². The van der Waals surface area contributed by atoms with Gasteiger partial charge in [0.1, 0.15) is 0 Å². The van der Waals surface area contributed by atoms with E-state index in [4.69, 9.17) is 11.6 Å². The van der Waals surface area contributed by atoms with Crippen molar-refractivity contribution in [2.24, 2.45) is 11.3 Å². The summed E-state index contributed by atoms with van der Waals surface area (Å²) in [7, 11) is 0. The summed E-state index contributed by atoms with van der Waals surface area (Å²) in [5.41, 5.74) is -1.26. The van der Waals surface area contributed by atoms with Crippen LogP contribution in [0, 0.1) is 11.3 Å². The number of hydrogen-bond acceptors (Lipinski definition) is 1. The molecular weight excluding hydrogens is 174 g/mol. The van der Waals surface area contributed by atoms with Gasteiger partial charge in [0.05, 0.1) is 0 Å². The zero-order valence-electron chi connectivity index (χ0n) is 6.33. The van der Waals surface area contributed by atoms with Crippen LogP contribution in [0.2, 0.25) is 0 Å². The second-order valence-corrected chi connectivity index (χ2v) is 3.86. The molecule has 0 aromatic rings. The van der Waals surface area contributed by atoms with E-state index in [0.29, 0.717) is 0 Å². The molecule has 0 amide bonds. The Morgan fingerprint density at radius 1 is 1.55 bits per heavy atom. The van der Waals surface area contributed by atoms with Gasteiger partial charge in [0.2, 0.25) is 5.24 Å². The molecule has 1 aliphatic rings. The molecule has 1 aliphatic carbocycles. The van der Waals surface area contributed by atoms with E-state index in [9.17, 15) is 13.6 Å². The van der Waals surface area contributed by atoms with Crippen LogP contribution in [0.1, 0.15) is 20.3 Å². The smallest absolute Gasteiger partial charge is 0.254 e. The highest BCUT2D eigenvalue weighted by molar-refractivity contribution is 6.64. The fourth-order valence-corrected chi connectivity index (χ4v) is 1.61. The third-order valence-electron chi connectivity index (χ3n) is 2.55. The molecule has 1 fully saturated rings. The van der Waals surface area contributed by atoms with E-state index in [1.807, 2.05) is 0 Å². The maximum absolute atomic E-state index is 12.7. The van der Waals surface area contributed by atoms with E-state index in [-0.39, 0.29) is 0 Å². The summed E-state index contributed by atoms with van der Waals surface area (Å²) in [5.74, 6) is -3.42. The monoisotopic (exact) mass is 182 g/mol. The van der Waals surface area contributed by atoms with Crippen molar-refractivity contribution in [1.29, 1.82) is 0 Å². The number of carbonyl (C=O) groups excluding carboxylic acids is 1. The molecule has 0 saturated heterocycles. The van der Waals surface area contributed by atoms with Crippen molar-refractivity contribution in [1.82, 2.24) is 0 Å². The van der Waals surface area contributed by atoms with Gasteiger partial charge < -0.3 is 0 Å². The fraction of sp³-hybridized carbons (Fsp3) is 0.857. The quantitative estimate of drug-likeness (QED) is 0.570. The Bertz CT molecular complexity index is 201. The summed E-state index contributed by atoms with van der Waals surface area (Å²) in [6, 6.07) is 0. The molecule has 0 radical (unpaired) electrons. The van der Waals surface area contributed by atoms with Crippen LogP contribution in [-0.2, 0) is 4.79 Å². The second-order valence-electron chi connectivity index (χ2n) is 3.49. The Morgan fingerprint density at radius 3 is 2.09 bits per heavy atom. The number of carbonyl (C=O) groups is 1. The Hall–Kier alpha value is -0.180. The molecule has 0 N–H and O–H groups in total. The number of alkyl halides is 2. The van der Waals surface area contributed by atoms with E-state index in [1.165, 1.54) is 13.8 Å². The van der Waals surface area contributed by atoms with Crippen molar-refractivity contribution in [3.8, 4) is 0 Å². The van der Waals surface area contributed by atoms with Crippen molar-refractivity contribution in [2.75, 3.05) is 0 Å². The van der Waals surface area contributed by atoms with Crippen molar-refractivity contribution in [2.45, 2.75) is 26.2 Å². The minimum Gasteiger partial charge on any atom is -0.281 e. The molecule has 1 atom stereocenters. The van der Waals surface area contributed by atoms with Gasteiger partial charge in [-0.3, -0.25) is 4.79 Å². The highest BCUT2D eigenvalue weighted by atomic mass is 35.5. The summed E-state index contributed by atoms with van der Waals surface area (Å²) >= 11 is 5.12. The van der Waals surface area contributed by atoms with Gasteiger partial charge in [0.15, 0.2) is 0 Å². The van der Waals surface area contributed by atoms with Crippen LogP contribution in [0.25, 0.3) is 0 Å². The first-order valence-electron chi connectivity index (χ1n) is 3.36. The Balaban J connectivity index is 2.77. The summed E-state index contributed by atoms with van der Waals surface area (Å²) in [5, 5.41) is -0.652. The van der Waals surface area contributed by atoms with Crippen molar-refractivity contribution in [3.63, 3.8) is 0 Å². The highest BCUT2D eigenvalue weighted by Gasteiger charge is 2.64. The Labute approximate surface area is 68.7 Å². The minimum atomic E-state index is -2.73. The first kappa shape index (κ1) is 8.91. The average molecular weight is 183 g/mol. The molecule has 0 aromatic heterocycles. The molecule has 1 unspecified atom stereocenters. The SMILES string of the molecule is CC1(C)C(C(=O)Cl)CC1(F)F. The molecule has 0 spiro atoms. The van der Waals surface area contributed by atoms with Gasteiger partial charge >= 0.3 is 0 Å². The maximum Gasteiger partial charge on any atom is 0.254 e.